The molecular weight excluding hydrogens is 324 g/mol. The lowest BCUT2D eigenvalue weighted by atomic mass is 10.1. The third-order valence-corrected chi connectivity index (χ3v) is 4.32. The van der Waals surface area contributed by atoms with Crippen molar-refractivity contribution < 1.29 is 9.90 Å². The Balaban J connectivity index is 1.85. The van der Waals surface area contributed by atoms with Gasteiger partial charge in [-0.05, 0) is 11.6 Å². The van der Waals surface area contributed by atoms with Crippen molar-refractivity contribution in [3.8, 4) is 11.3 Å². The fraction of sp³-hybridized carbons (Fsp3) is 0.0556. The molecule has 6 heteroatoms. The summed E-state index contributed by atoms with van der Waals surface area (Å²) in [5.74, 6) is -0.561. The molecule has 3 aromatic rings. The third-order valence-electron chi connectivity index (χ3n) is 3.40. The van der Waals surface area contributed by atoms with Crippen molar-refractivity contribution in [1.82, 2.24) is 9.97 Å². The zero-order valence-corrected chi connectivity index (χ0v) is 13.4. The third kappa shape index (κ3) is 3.72. The first-order valence-electron chi connectivity index (χ1n) is 7.24. The summed E-state index contributed by atoms with van der Waals surface area (Å²) in [7, 11) is 0. The minimum absolute atomic E-state index is 0.238. The average molecular weight is 338 g/mol. The predicted octanol–water partition coefficient (Wildman–Crippen LogP) is 3.43. The number of carboxylic acids is 1. The van der Waals surface area contributed by atoms with Gasteiger partial charge >= 0.3 is 5.97 Å². The molecule has 0 spiro atoms. The number of hydrogen-bond donors (Lipinski definition) is 2. The maximum atomic E-state index is 11.9. The van der Waals surface area contributed by atoms with Crippen LogP contribution < -0.4 is 5.56 Å². The first-order valence-corrected chi connectivity index (χ1v) is 8.23. The maximum Gasteiger partial charge on any atom is 0.335 e. The number of carboxylic acid groups (broad SMARTS) is 1. The zero-order valence-electron chi connectivity index (χ0n) is 12.6. The van der Waals surface area contributed by atoms with Crippen LogP contribution in [0.25, 0.3) is 11.3 Å². The van der Waals surface area contributed by atoms with Crippen molar-refractivity contribution in [2.45, 2.75) is 10.9 Å². The highest BCUT2D eigenvalue weighted by atomic mass is 32.2. The van der Waals surface area contributed by atoms with Crippen LogP contribution in [-0.4, -0.2) is 21.0 Å². The van der Waals surface area contributed by atoms with Crippen LogP contribution in [0.4, 0.5) is 0 Å². The summed E-state index contributed by atoms with van der Waals surface area (Å²) in [5.41, 5.74) is 2.15. The van der Waals surface area contributed by atoms with Crippen molar-refractivity contribution in [3.05, 3.63) is 82.1 Å². The van der Waals surface area contributed by atoms with Gasteiger partial charge in [0.25, 0.3) is 5.56 Å². The van der Waals surface area contributed by atoms with E-state index in [9.17, 15) is 14.7 Å². The van der Waals surface area contributed by atoms with Gasteiger partial charge in [-0.3, -0.25) is 4.79 Å². The quantitative estimate of drug-likeness (QED) is 0.550. The molecule has 0 saturated heterocycles. The van der Waals surface area contributed by atoms with E-state index in [0.717, 1.165) is 5.56 Å². The first-order chi connectivity index (χ1) is 11.6. The van der Waals surface area contributed by atoms with Gasteiger partial charge in [0.2, 0.25) is 0 Å². The Hall–Kier alpha value is -2.86. The van der Waals surface area contributed by atoms with E-state index >= 15 is 0 Å². The lowest BCUT2D eigenvalue weighted by molar-refractivity contribution is 0.0696. The fourth-order valence-corrected chi connectivity index (χ4v) is 3.14. The fourth-order valence-electron chi connectivity index (χ4n) is 2.26. The number of nitrogens with one attached hydrogen (secondary N) is 1. The van der Waals surface area contributed by atoms with E-state index in [2.05, 4.69) is 9.97 Å². The van der Waals surface area contributed by atoms with Gasteiger partial charge in [-0.1, -0.05) is 60.3 Å². The summed E-state index contributed by atoms with van der Waals surface area (Å²) in [5, 5.41) is 9.68. The molecule has 120 valence electrons. The summed E-state index contributed by atoms with van der Waals surface area (Å²) >= 11 is 1.30. The Bertz CT molecular complexity index is 923. The highest BCUT2D eigenvalue weighted by molar-refractivity contribution is 7.98. The number of benzene rings is 2. The number of H-pyrrole nitrogens is 1. The summed E-state index contributed by atoms with van der Waals surface area (Å²) in [6.07, 6.45) is 0. The van der Waals surface area contributed by atoms with Crippen molar-refractivity contribution >= 4 is 17.7 Å². The topological polar surface area (TPSA) is 83.0 Å². The highest BCUT2D eigenvalue weighted by Gasteiger charge is 2.10. The Morgan fingerprint density at radius 1 is 1.08 bits per heavy atom. The molecule has 1 aromatic heterocycles. The van der Waals surface area contributed by atoms with Crippen LogP contribution in [-0.2, 0) is 5.75 Å². The smallest absolute Gasteiger partial charge is 0.335 e. The molecule has 0 saturated carbocycles. The largest absolute Gasteiger partial charge is 0.478 e. The molecule has 0 aliphatic heterocycles. The maximum absolute atomic E-state index is 11.9. The van der Waals surface area contributed by atoms with E-state index in [1.54, 1.807) is 24.3 Å². The molecule has 1 heterocycles. The van der Waals surface area contributed by atoms with E-state index in [1.165, 1.54) is 17.8 Å². The lowest BCUT2D eigenvalue weighted by Crippen LogP contribution is -2.08. The number of rotatable bonds is 5. The predicted molar refractivity (Wildman–Crippen MR) is 93.3 cm³/mol. The molecule has 0 amide bonds. The van der Waals surface area contributed by atoms with Crippen molar-refractivity contribution in [2.75, 3.05) is 0 Å². The van der Waals surface area contributed by atoms with E-state index in [1.807, 2.05) is 30.3 Å². The second kappa shape index (κ2) is 7.14. The molecule has 5 nitrogen and oxygen atoms in total. The van der Waals surface area contributed by atoms with Crippen LogP contribution in [0.1, 0.15) is 15.9 Å². The molecule has 2 N–H and O–H groups in total. The van der Waals surface area contributed by atoms with Crippen molar-refractivity contribution in [3.63, 3.8) is 0 Å². The van der Waals surface area contributed by atoms with Crippen LogP contribution in [0.2, 0.25) is 0 Å². The molecule has 3 rings (SSSR count). The number of aromatic nitrogens is 2. The highest BCUT2D eigenvalue weighted by Crippen LogP contribution is 2.23. The summed E-state index contributed by atoms with van der Waals surface area (Å²) in [6, 6.07) is 17.7. The number of nitrogens with zero attached hydrogens (tertiary/aromatic N) is 1. The van der Waals surface area contributed by atoms with Gasteiger partial charge in [0, 0.05) is 17.4 Å². The van der Waals surface area contributed by atoms with Crippen LogP contribution in [0.3, 0.4) is 0 Å². The van der Waals surface area contributed by atoms with Gasteiger partial charge in [0.1, 0.15) is 0 Å². The Kier molecular flexibility index (Phi) is 4.77. The van der Waals surface area contributed by atoms with Crippen LogP contribution in [0.5, 0.6) is 0 Å². The number of aromatic carboxylic acids is 1. The molecule has 0 atom stereocenters. The van der Waals surface area contributed by atoms with Crippen LogP contribution >= 0.6 is 11.8 Å². The molecule has 0 radical (unpaired) electrons. The average Bonchev–Trinajstić information content (AvgIpc) is 2.60. The van der Waals surface area contributed by atoms with Gasteiger partial charge < -0.3 is 10.1 Å². The monoisotopic (exact) mass is 338 g/mol. The molecule has 0 aliphatic carbocycles. The van der Waals surface area contributed by atoms with Gasteiger partial charge in [-0.25, -0.2) is 9.78 Å². The Labute approximate surface area is 142 Å². The van der Waals surface area contributed by atoms with E-state index in [-0.39, 0.29) is 11.1 Å². The van der Waals surface area contributed by atoms with Crippen molar-refractivity contribution in [1.29, 1.82) is 0 Å². The zero-order chi connectivity index (χ0) is 16.9. The van der Waals surface area contributed by atoms with Gasteiger partial charge in [-0.15, -0.1) is 0 Å². The molecule has 24 heavy (non-hydrogen) atoms. The minimum atomic E-state index is -0.967. The SMILES string of the molecule is O=C(O)c1ccccc1CSc1nc(-c2ccccc2)cc(=O)[nH]1. The number of hydrogen-bond acceptors (Lipinski definition) is 4. The number of thioether (sulfide) groups is 1. The summed E-state index contributed by atoms with van der Waals surface area (Å²) < 4.78 is 0. The van der Waals surface area contributed by atoms with E-state index in [4.69, 9.17) is 0 Å². The summed E-state index contributed by atoms with van der Waals surface area (Å²) in [6.45, 7) is 0. The molecule has 0 aliphatic rings. The molecule has 0 unspecified atom stereocenters. The van der Waals surface area contributed by atoms with Gasteiger partial charge in [0.15, 0.2) is 5.16 Å². The summed E-state index contributed by atoms with van der Waals surface area (Å²) in [4.78, 5) is 30.3. The molecule has 2 aromatic carbocycles. The second-order valence-electron chi connectivity index (χ2n) is 5.05. The van der Waals surface area contributed by atoms with Crippen LogP contribution in [0, 0.1) is 0 Å². The van der Waals surface area contributed by atoms with Gasteiger partial charge in [-0.2, -0.15) is 0 Å². The van der Waals surface area contributed by atoms with Crippen molar-refractivity contribution in [2.24, 2.45) is 0 Å². The molecule has 0 bridgehead atoms. The standard InChI is InChI=1S/C18H14N2O3S/c21-16-10-15(12-6-2-1-3-7-12)19-18(20-16)24-11-13-8-4-5-9-14(13)17(22)23/h1-10H,11H2,(H,22,23)(H,19,20,21). The number of aromatic amines is 1. The van der Waals surface area contributed by atoms with E-state index in [0.29, 0.717) is 22.2 Å². The Morgan fingerprint density at radius 2 is 1.79 bits per heavy atom. The second-order valence-corrected chi connectivity index (χ2v) is 6.02. The van der Waals surface area contributed by atoms with E-state index < -0.39 is 5.97 Å². The minimum Gasteiger partial charge on any atom is -0.478 e. The normalized spacial score (nSPS) is 10.5. The lowest BCUT2D eigenvalue weighted by Gasteiger charge is -2.06. The molecular formula is C18H14N2O3S. The number of carbonyl (C=O) groups is 1. The first kappa shape index (κ1) is 16.0. The Morgan fingerprint density at radius 3 is 2.54 bits per heavy atom. The van der Waals surface area contributed by atoms with Crippen LogP contribution in [0.15, 0.2) is 70.6 Å². The van der Waals surface area contributed by atoms with Gasteiger partial charge in [0.05, 0.1) is 11.3 Å². The molecule has 0 fully saturated rings.